The van der Waals surface area contributed by atoms with Crippen LogP contribution in [0.2, 0.25) is 0 Å². The summed E-state index contributed by atoms with van der Waals surface area (Å²) in [4.78, 5) is 9.75. The number of aliphatic hydroxyl groups excluding tert-OH is 1. The quantitative estimate of drug-likeness (QED) is 0.216. The summed E-state index contributed by atoms with van der Waals surface area (Å²) in [5.74, 6) is -2.56. The number of carboxylic acids is 1. The van der Waals surface area contributed by atoms with Gasteiger partial charge in [0.05, 0.1) is 0 Å². The molecule has 0 saturated heterocycles. The Morgan fingerprint density at radius 3 is 2.20 bits per heavy atom. The van der Waals surface area contributed by atoms with Crippen LogP contribution in [-0.2, 0) is 4.79 Å². The van der Waals surface area contributed by atoms with Gasteiger partial charge >= 0.3 is 35.5 Å². The Balaban J connectivity index is 0. The van der Waals surface area contributed by atoms with Gasteiger partial charge in [-0.15, -0.1) is 0 Å². The van der Waals surface area contributed by atoms with Crippen LogP contribution in [0.4, 0.5) is 0 Å². The Bertz CT molecular complexity index is 137. The predicted molar refractivity (Wildman–Crippen MR) is 26.0 cm³/mol. The number of nitrogens with one attached hydrogen (secondary N) is 1. The Morgan fingerprint density at radius 2 is 2.10 bits per heavy atom. The van der Waals surface area contributed by atoms with Crippen molar-refractivity contribution in [1.29, 1.82) is 5.41 Å². The molecule has 1 atom stereocenters. The molecular formula is C4H6NNaO4. The summed E-state index contributed by atoms with van der Waals surface area (Å²) < 4.78 is 0. The molecule has 0 unspecified atom stereocenters. The van der Waals surface area contributed by atoms with Crippen LogP contribution in [-0.4, -0.2) is 28.2 Å². The van der Waals surface area contributed by atoms with Gasteiger partial charge in [-0.05, 0) is 5.90 Å². The van der Waals surface area contributed by atoms with Crippen molar-refractivity contribution in [1.82, 2.24) is 0 Å². The van der Waals surface area contributed by atoms with Crippen molar-refractivity contribution in [3.63, 3.8) is 0 Å². The first-order valence-corrected chi connectivity index (χ1v) is 2.19. The van der Waals surface area contributed by atoms with E-state index >= 15 is 0 Å². The van der Waals surface area contributed by atoms with Gasteiger partial charge in [0.25, 0.3) is 0 Å². The second kappa shape index (κ2) is 5.67. The molecule has 0 fully saturated rings. The van der Waals surface area contributed by atoms with Crippen LogP contribution in [0.3, 0.4) is 0 Å². The fourth-order valence-corrected chi connectivity index (χ4v) is 0.263. The molecule has 0 aromatic carbocycles. The number of hydrogen-bond acceptors (Lipinski definition) is 4. The van der Waals surface area contributed by atoms with Crippen molar-refractivity contribution in [3.05, 3.63) is 0 Å². The third-order valence-corrected chi connectivity index (χ3v) is 0.664. The van der Waals surface area contributed by atoms with E-state index in [0.29, 0.717) is 0 Å². The van der Waals surface area contributed by atoms with E-state index in [1.807, 2.05) is 0 Å². The normalized spacial score (nSPS) is 11.3. The van der Waals surface area contributed by atoms with Gasteiger partial charge in [0.15, 0.2) is 6.10 Å². The maximum Gasteiger partial charge on any atom is 1.00 e. The molecule has 6 heteroatoms. The molecule has 0 aliphatic carbocycles. The molecule has 10 heavy (non-hydrogen) atoms. The summed E-state index contributed by atoms with van der Waals surface area (Å²) in [7, 11) is 0. The molecular weight excluding hydrogens is 149 g/mol. The summed E-state index contributed by atoms with van der Waals surface area (Å²) in [5, 5.41) is 32.3. The smallest absolute Gasteiger partial charge is 0.862 e. The topological polar surface area (TPSA) is 104 Å². The molecule has 0 bridgehead atoms. The van der Waals surface area contributed by atoms with Gasteiger partial charge in [-0.3, -0.25) is 0 Å². The summed E-state index contributed by atoms with van der Waals surface area (Å²) in [5.41, 5.74) is 0. The molecule has 0 amide bonds. The molecule has 5 nitrogen and oxygen atoms in total. The van der Waals surface area contributed by atoms with E-state index in [2.05, 4.69) is 0 Å². The van der Waals surface area contributed by atoms with Gasteiger partial charge < -0.3 is 20.7 Å². The average molecular weight is 155 g/mol. The SMILES string of the molecule is N=C([O-])C[C@@H](O)C(=O)O.[Na+]. The largest absolute Gasteiger partial charge is 1.00 e. The van der Waals surface area contributed by atoms with Gasteiger partial charge in [0.2, 0.25) is 0 Å². The minimum Gasteiger partial charge on any atom is -0.862 e. The van der Waals surface area contributed by atoms with Gasteiger partial charge in [0, 0.05) is 6.42 Å². The van der Waals surface area contributed by atoms with Crippen LogP contribution in [0, 0.1) is 5.41 Å². The third kappa shape index (κ3) is 6.03. The number of aliphatic carboxylic acids is 1. The van der Waals surface area contributed by atoms with Crippen molar-refractivity contribution in [2.75, 3.05) is 0 Å². The number of carbonyl (C=O) groups is 1. The molecule has 0 radical (unpaired) electrons. The zero-order valence-electron chi connectivity index (χ0n) is 5.50. The van der Waals surface area contributed by atoms with Crippen LogP contribution in [0.5, 0.6) is 0 Å². The fourth-order valence-electron chi connectivity index (χ4n) is 0.263. The number of rotatable bonds is 3. The Hall–Kier alpha value is -0.100. The van der Waals surface area contributed by atoms with Crippen LogP contribution in [0.1, 0.15) is 6.42 Å². The number of aliphatic hydroxyl groups is 1. The average Bonchev–Trinajstić information content (AvgIpc) is 1.63. The van der Waals surface area contributed by atoms with Crippen LogP contribution < -0.4 is 34.7 Å². The summed E-state index contributed by atoms with van der Waals surface area (Å²) in [6.07, 6.45) is -2.37. The molecule has 0 heterocycles. The first-order chi connectivity index (χ1) is 4.04. The fraction of sp³-hybridized carbons (Fsp3) is 0.500. The van der Waals surface area contributed by atoms with Gasteiger partial charge in [0.1, 0.15) is 0 Å². The molecule has 0 rings (SSSR count). The van der Waals surface area contributed by atoms with E-state index in [0.717, 1.165) is 0 Å². The van der Waals surface area contributed by atoms with E-state index in [1.165, 1.54) is 0 Å². The van der Waals surface area contributed by atoms with Crippen molar-refractivity contribution in [3.8, 4) is 0 Å². The monoisotopic (exact) mass is 155 g/mol. The van der Waals surface area contributed by atoms with Gasteiger partial charge in [-0.25, -0.2) is 4.79 Å². The third-order valence-electron chi connectivity index (χ3n) is 0.664. The first kappa shape index (κ1) is 12.6. The molecule has 0 aromatic rings. The Morgan fingerprint density at radius 1 is 1.70 bits per heavy atom. The predicted octanol–water partition coefficient (Wildman–Crippen LogP) is -4.84. The van der Waals surface area contributed by atoms with Gasteiger partial charge in [-0.1, -0.05) is 0 Å². The summed E-state index contributed by atoms with van der Waals surface area (Å²) in [6.45, 7) is 0. The van der Waals surface area contributed by atoms with Crippen molar-refractivity contribution in [2.45, 2.75) is 12.5 Å². The van der Waals surface area contributed by atoms with E-state index in [9.17, 15) is 9.90 Å². The Labute approximate surface area is 79.5 Å². The van der Waals surface area contributed by atoms with Crippen molar-refractivity contribution < 1.29 is 49.7 Å². The summed E-state index contributed by atoms with van der Waals surface area (Å²) >= 11 is 0. The molecule has 0 aliphatic heterocycles. The maximum absolute atomic E-state index is 9.80. The van der Waals surface area contributed by atoms with E-state index in [1.54, 1.807) is 0 Å². The Kier molecular flexibility index (Phi) is 7.12. The molecule has 0 spiro atoms. The second-order valence-corrected chi connectivity index (χ2v) is 1.48. The van der Waals surface area contributed by atoms with Crippen molar-refractivity contribution >= 4 is 11.9 Å². The minimum absolute atomic E-state index is 0. The van der Waals surface area contributed by atoms with E-state index in [-0.39, 0.29) is 29.6 Å². The summed E-state index contributed by atoms with van der Waals surface area (Å²) in [6, 6.07) is 0. The number of carboxylic acid groups (broad SMARTS) is 1. The van der Waals surface area contributed by atoms with Crippen molar-refractivity contribution in [2.24, 2.45) is 0 Å². The van der Waals surface area contributed by atoms with Crippen LogP contribution in [0.25, 0.3) is 0 Å². The van der Waals surface area contributed by atoms with E-state index in [4.69, 9.17) is 15.6 Å². The standard InChI is InChI=1S/C4H7NO4.Na/c5-3(7)1-2(6)4(8)9;/h2,6H,1H2,(H2,5,7)(H,8,9);/q;+1/p-1/t2-;/m1./s1. The molecule has 3 N–H and O–H groups in total. The molecule has 0 aliphatic rings. The molecule has 52 valence electrons. The second-order valence-electron chi connectivity index (χ2n) is 1.48. The number of hydrogen-bond donors (Lipinski definition) is 3. The molecule has 0 aromatic heterocycles. The first-order valence-electron chi connectivity index (χ1n) is 2.19. The van der Waals surface area contributed by atoms with Gasteiger partial charge in [-0.2, -0.15) is 0 Å². The minimum atomic E-state index is -1.73. The van der Waals surface area contributed by atoms with Crippen LogP contribution >= 0.6 is 0 Å². The zero-order chi connectivity index (χ0) is 7.44. The zero-order valence-corrected chi connectivity index (χ0v) is 7.50. The van der Waals surface area contributed by atoms with E-state index < -0.39 is 24.4 Å². The maximum atomic E-state index is 9.80. The van der Waals surface area contributed by atoms with Crippen LogP contribution in [0.15, 0.2) is 0 Å². The molecule has 0 saturated carbocycles.